The molecule has 2 unspecified atom stereocenters. The summed E-state index contributed by atoms with van der Waals surface area (Å²) in [5.74, 6) is 0. The second-order valence-corrected chi connectivity index (χ2v) is 6.33. The first kappa shape index (κ1) is 11.6. The molecular weight excluding hydrogens is 256 g/mol. The summed E-state index contributed by atoms with van der Waals surface area (Å²) in [6.45, 7) is 2.26. The summed E-state index contributed by atoms with van der Waals surface area (Å²) in [4.78, 5) is 6.85. The van der Waals surface area contributed by atoms with E-state index in [9.17, 15) is 0 Å². The molecule has 0 amide bonds. The van der Waals surface area contributed by atoms with E-state index in [-0.39, 0.29) is 0 Å². The van der Waals surface area contributed by atoms with Gasteiger partial charge in [0.1, 0.15) is 11.3 Å². The number of nitrogens with one attached hydrogen (secondary N) is 1. The van der Waals surface area contributed by atoms with Crippen LogP contribution >= 0.6 is 11.3 Å². The van der Waals surface area contributed by atoms with Crippen LogP contribution in [0.5, 0.6) is 0 Å². The van der Waals surface area contributed by atoms with E-state index in [1.807, 2.05) is 23.9 Å². The molecule has 0 bridgehead atoms. The standard InChI is InChI=1S/C14H18N4S/c1-17(10-3-2-5-15-7-10)13-11-4-6-19-14(11)18-9-16-8-12(13)18/h4,6,8-10,13,15H,2-3,5,7H2,1H3. The van der Waals surface area contributed by atoms with Gasteiger partial charge >= 0.3 is 0 Å². The van der Waals surface area contributed by atoms with Crippen LogP contribution in [0.3, 0.4) is 0 Å². The summed E-state index contributed by atoms with van der Waals surface area (Å²) < 4.78 is 2.25. The quantitative estimate of drug-likeness (QED) is 0.909. The molecule has 0 aliphatic carbocycles. The molecule has 4 rings (SSSR count). The minimum atomic E-state index is 0.369. The maximum absolute atomic E-state index is 4.33. The van der Waals surface area contributed by atoms with Crippen LogP contribution in [0.25, 0.3) is 5.00 Å². The lowest BCUT2D eigenvalue weighted by Crippen LogP contribution is -2.45. The molecule has 19 heavy (non-hydrogen) atoms. The Morgan fingerprint density at radius 1 is 1.53 bits per heavy atom. The second-order valence-electron chi connectivity index (χ2n) is 5.44. The van der Waals surface area contributed by atoms with E-state index >= 15 is 0 Å². The lowest BCUT2D eigenvalue weighted by Gasteiger charge is -2.35. The highest BCUT2D eigenvalue weighted by Crippen LogP contribution is 2.43. The van der Waals surface area contributed by atoms with Crippen LogP contribution in [0, 0.1) is 0 Å². The van der Waals surface area contributed by atoms with Crippen LogP contribution in [0.1, 0.15) is 30.1 Å². The van der Waals surface area contributed by atoms with E-state index < -0.39 is 0 Å². The molecule has 2 aromatic heterocycles. The van der Waals surface area contributed by atoms with Gasteiger partial charge in [-0.25, -0.2) is 4.98 Å². The predicted molar refractivity (Wildman–Crippen MR) is 76.9 cm³/mol. The zero-order valence-electron chi connectivity index (χ0n) is 11.0. The Bertz CT molecular complexity index is 542. The zero-order valence-corrected chi connectivity index (χ0v) is 11.9. The van der Waals surface area contributed by atoms with Gasteiger partial charge in [0.15, 0.2) is 0 Å². The predicted octanol–water partition coefficient (Wildman–Crippen LogP) is 2.02. The van der Waals surface area contributed by atoms with Crippen LogP contribution < -0.4 is 5.32 Å². The molecule has 4 nitrogen and oxygen atoms in total. The van der Waals surface area contributed by atoms with Crippen molar-refractivity contribution >= 4 is 11.3 Å². The Balaban J connectivity index is 1.71. The minimum Gasteiger partial charge on any atom is -0.315 e. The van der Waals surface area contributed by atoms with E-state index in [2.05, 4.69) is 38.3 Å². The van der Waals surface area contributed by atoms with E-state index in [0.29, 0.717) is 12.1 Å². The largest absolute Gasteiger partial charge is 0.315 e. The Morgan fingerprint density at radius 2 is 2.47 bits per heavy atom. The maximum atomic E-state index is 4.33. The molecular formula is C14H18N4S. The fraction of sp³-hybridized carbons (Fsp3) is 0.500. The molecule has 2 aliphatic rings. The monoisotopic (exact) mass is 274 g/mol. The molecule has 100 valence electrons. The topological polar surface area (TPSA) is 33.1 Å². The van der Waals surface area contributed by atoms with E-state index in [1.165, 1.54) is 29.1 Å². The molecule has 0 spiro atoms. The summed E-state index contributed by atoms with van der Waals surface area (Å²) >= 11 is 1.81. The first-order chi connectivity index (χ1) is 9.36. The summed E-state index contributed by atoms with van der Waals surface area (Å²) in [6.07, 6.45) is 6.52. The average Bonchev–Trinajstić information content (AvgIpc) is 3.11. The molecule has 4 heterocycles. The van der Waals surface area contributed by atoms with Crippen LogP contribution in [-0.2, 0) is 0 Å². The van der Waals surface area contributed by atoms with Crippen molar-refractivity contribution < 1.29 is 0 Å². The van der Waals surface area contributed by atoms with Crippen LogP contribution in [0.4, 0.5) is 0 Å². The number of nitrogens with zero attached hydrogens (tertiary/aromatic N) is 3. The second kappa shape index (κ2) is 4.44. The van der Waals surface area contributed by atoms with Gasteiger partial charge in [-0.1, -0.05) is 0 Å². The number of fused-ring (bicyclic) bond motifs is 3. The Kier molecular flexibility index (Phi) is 2.72. The molecule has 2 atom stereocenters. The molecule has 1 N–H and O–H groups in total. The number of hydrogen-bond donors (Lipinski definition) is 1. The van der Waals surface area contributed by atoms with Gasteiger partial charge in [-0.05, 0) is 37.9 Å². The maximum Gasteiger partial charge on any atom is 0.106 e. The summed E-state index contributed by atoms with van der Waals surface area (Å²) in [5.41, 5.74) is 2.75. The van der Waals surface area contributed by atoms with Crippen molar-refractivity contribution in [3.8, 4) is 5.00 Å². The number of imidazole rings is 1. The Hall–Kier alpha value is -1.17. The Labute approximate surface area is 117 Å². The highest BCUT2D eigenvalue weighted by molar-refractivity contribution is 7.12. The van der Waals surface area contributed by atoms with E-state index in [1.54, 1.807) is 0 Å². The van der Waals surface area contributed by atoms with E-state index in [4.69, 9.17) is 0 Å². The molecule has 5 heteroatoms. The van der Waals surface area contributed by atoms with Crippen LogP contribution in [0.15, 0.2) is 24.0 Å². The normalized spacial score (nSPS) is 25.6. The molecule has 0 saturated carbocycles. The average molecular weight is 274 g/mol. The van der Waals surface area contributed by atoms with Gasteiger partial charge in [0.05, 0.1) is 17.9 Å². The summed E-state index contributed by atoms with van der Waals surface area (Å²) in [6, 6.07) is 3.26. The third-order valence-corrected chi connectivity index (χ3v) is 5.32. The fourth-order valence-corrected chi connectivity index (χ4v) is 4.30. The van der Waals surface area contributed by atoms with Crippen LogP contribution in [-0.4, -0.2) is 40.6 Å². The number of rotatable bonds is 2. The van der Waals surface area contributed by atoms with Gasteiger partial charge in [-0.2, -0.15) is 0 Å². The molecule has 2 aliphatic heterocycles. The zero-order chi connectivity index (χ0) is 12.8. The van der Waals surface area contributed by atoms with Gasteiger partial charge in [-0.15, -0.1) is 11.3 Å². The van der Waals surface area contributed by atoms with Gasteiger partial charge in [0, 0.05) is 18.2 Å². The SMILES string of the molecule is CN(C1CCCNC1)C1c2ccsc2-n2cncc21. The van der Waals surface area contributed by atoms with Crippen molar-refractivity contribution in [3.05, 3.63) is 35.2 Å². The van der Waals surface area contributed by atoms with Gasteiger partial charge in [0.25, 0.3) is 0 Å². The minimum absolute atomic E-state index is 0.369. The van der Waals surface area contributed by atoms with Crippen molar-refractivity contribution in [1.29, 1.82) is 0 Å². The first-order valence-electron chi connectivity index (χ1n) is 6.89. The van der Waals surface area contributed by atoms with Crippen molar-refractivity contribution in [3.63, 3.8) is 0 Å². The molecule has 2 aromatic rings. The van der Waals surface area contributed by atoms with Gasteiger partial charge in [-0.3, -0.25) is 9.47 Å². The lowest BCUT2D eigenvalue weighted by molar-refractivity contribution is 0.168. The molecule has 0 radical (unpaired) electrons. The van der Waals surface area contributed by atoms with Crippen molar-refractivity contribution in [1.82, 2.24) is 19.8 Å². The number of likely N-dealkylation sites (N-methyl/N-ethyl adjacent to an activating group) is 1. The van der Waals surface area contributed by atoms with Crippen molar-refractivity contribution in [2.45, 2.75) is 24.9 Å². The Morgan fingerprint density at radius 3 is 3.32 bits per heavy atom. The van der Waals surface area contributed by atoms with Crippen molar-refractivity contribution in [2.24, 2.45) is 0 Å². The third kappa shape index (κ3) is 1.69. The number of thiophene rings is 1. The molecule has 1 fully saturated rings. The first-order valence-corrected chi connectivity index (χ1v) is 7.77. The summed E-state index contributed by atoms with van der Waals surface area (Å²) in [7, 11) is 2.26. The highest BCUT2D eigenvalue weighted by atomic mass is 32.1. The highest BCUT2D eigenvalue weighted by Gasteiger charge is 2.36. The van der Waals surface area contributed by atoms with Gasteiger partial charge in [0.2, 0.25) is 0 Å². The van der Waals surface area contributed by atoms with Gasteiger partial charge < -0.3 is 5.32 Å². The number of aromatic nitrogens is 2. The van der Waals surface area contributed by atoms with Crippen molar-refractivity contribution in [2.75, 3.05) is 20.1 Å². The van der Waals surface area contributed by atoms with Crippen LogP contribution in [0.2, 0.25) is 0 Å². The number of piperidine rings is 1. The third-order valence-electron chi connectivity index (χ3n) is 4.39. The number of hydrogen-bond acceptors (Lipinski definition) is 4. The van der Waals surface area contributed by atoms with E-state index in [0.717, 1.165) is 13.1 Å². The molecule has 1 saturated heterocycles. The lowest BCUT2D eigenvalue weighted by atomic mass is 10.0. The molecule has 0 aromatic carbocycles. The fourth-order valence-electron chi connectivity index (χ4n) is 3.37. The smallest absolute Gasteiger partial charge is 0.106 e. The summed E-state index contributed by atoms with van der Waals surface area (Å²) in [5, 5.41) is 7.04.